The molecule has 3 amide bonds. The second-order valence-corrected chi connectivity index (χ2v) is 3.51. The number of hydrogen-bond acceptors (Lipinski definition) is 4. The van der Waals surface area contributed by atoms with Gasteiger partial charge < -0.3 is 15.7 Å². The summed E-state index contributed by atoms with van der Waals surface area (Å²) in [5.41, 5.74) is 5.33. The number of amides is 3. The first kappa shape index (κ1) is 11.4. The van der Waals surface area contributed by atoms with Crippen LogP contribution in [0.3, 0.4) is 0 Å². The molecule has 1 fully saturated rings. The van der Waals surface area contributed by atoms with Gasteiger partial charge in [0.1, 0.15) is 0 Å². The van der Waals surface area contributed by atoms with Crippen molar-refractivity contribution in [2.75, 3.05) is 13.6 Å². The fraction of sp³-hybridized carbons (Fsp3) is 0.625. The Labute approximate surface area is 86.4 Å². The maximum atomic E-state index is 11.5. The van der Waals surface area contributed by atoms with Gasteiger partial charge in [-0.2, -0.15) is 0 Å². The third-order valence-corrected chi connectivity index (χ3v) is 2.20. The molecule has 84 valence electrons. The summed E-state index contributed by atoms with van der Waals surface area (Å²) < 4.78 is 0. The van der Waals surface area contributed by atoms with Crippen LogP contribution in [0.1, 0.15) is 6.92 Å². The number of imide groups is 1. The van der Waals surface area contributed by atoms with E-state index in [0.29, 0.717) is 4.90 Å². The van der Waals surface area contributed by atoms with Crippen molar-refractivity contribution in [3.05, 3.63) is 0 Å². The molecular formula is C8H13N3O4. The summed E-state index contributed by atoms with van der Waals surface area (Å²) in [7, 11) is 1.44. The first-order chi connectivity index (χ1) is 6.86. The van der Waals surface area contributed by atoms with Gasteiger partial charge >= 0.3 is 12.0 Å². The zero-order valence-corrected chi connectivity index (χ0v) is 8.51. The second kappa shape index (κ2) is 3.85. The van der Waals surface area contributed by atoms with Gasteiger partial charge in [-0.1, -0.05) is 0 Å². The van der Waals surface area contributed by atoms with Crippen LogP contribution in [0, 0.1) is 0 Å². The van der Waals surface area contributed by atoms with Crippen molar-refractivity contribution in [1.29, 1.82) is 0 Å². The molecule has 0 aromatic carbocycles. The van der Waals surface area contributed by atoms with Crippen molar-refractivity contribution in [2.24, 2.45) is 5.73 Å². The lowest BCUT2D eigenvalue weighted by atomic mass is 10.2. The SMILES string of the molecule is CC(N)C(=O)N1C(=O)N(C)CC1C(=O)O. The molecule has 7 nitrogen and oxygen atoms in total. The fourth-order valence-electron chi connectivity index (χ4n) is 1.39. The van der Waals surface area contributed by atoms with Crippen LogP contribution in [-0.4, -0.2) is 58.5 Å². The Hall–Kier alpha value is -1.63. The van der Waals surface area contributed by atoms with Gasteiger partial charge in [0.25, 0.3) is 0 Å². The predicted molar refractivity (Wildman–Crippen MR) is 49.9 cm³/mol. The van der Waals surface area contributed by atoms with Gasteiger partial charge in [0, 0.05) is 7.05 Å². The summed E-state index contributed by atoms with van der Waals surface area (Å²) in [5.74, 6) is -1.88. The zero-order valence-electron chi connectivity index (χ0n) is 8.51. The number of urea groups is 1. The van der Waals surface area contributed by atoms with Crippen LogP contribution < -0.4 is 5.73 Å². The normalized spacial score (nSPS) is 23.1. The molecule has 1 saturated heterocycles. The number of likely N-dealkylation sites (N-methyl/N-ethyl adjacent to an activating group) is 1. The molecule has 0 aliphatic carbocycles. The smallest absolute Gasteiger partial charge is 0.328 e. The molecule has 0 radical (unpaired) electrons. The van der Waals surface area contributed by atoms with E-state index in [9.17, 15) is 14.4 Å². The Bertz CT molecular complexity index is 315. The highest BCUT2D eigenvalue weighted by Gasteiger charge is 2.44. The Morgan fingerprint density at radius 3 is 2.53 bits per heavy atom. The van der Waals surface area contributed by atoms with Crippen LogP contribution in [0.25, 0.3) is 0 Å². The Kier molecular flexibility index (Phi) is 2.94. The number of nitrogens with two attached hydrogens (primary N) is 1. The molecule has 1 heterocycles. The topological polar surface area (TPSA) is 104 Å². The summed E-state index contributed by atoms with van der Waals surface area (Å²) >= 11 is 0. The maximum Gasteiger partial charge on any atom is 0.328 e. The van der Waals surface area contributed by atoms with Gasteiger partial charge in [-0.25, -0.2) is 14.5 Å². The van der Waals surface area contributed by atoms with E-state index in [2.05, 4.69) is 0 Å². The molecule has 1 aliphatic rings. The minimum Gasteiger partial charge on any atom is -0.480 e. The van der Waals surface area contributed by atoms with Crippen molar-refractivity contribution >= 4 is 17.9 Å². The van der Waals surface area contributed by atoms with Gasteiger partial charge in [-0.05, 0) is 6.92 Å². The van der Waals surface area contributed by atoms with Gasteiger partial charge in [0.15, 0.2) is 6.04 Å². The summed E-state index contributed by atoms with van der Waals surface area (Å²) in [4.78, 5) is 35.7. The minimum atomic E-state index is -1.21. The zero-order chi connectivity index (χ0) is 11.7. The first-order valence-corrected chi connectivity index (χ1v) is 4.42. The Morgan fingerprint density at radius 1 is 1.60 bits per heavy atom. The Morgan fingerprint density at radius 2 is 2.13 bits per heavy atom. The lowest BCUT2D eigenvalue weighted by molar-refractivity contribution is -0.146. The molecule has 0 aromatic heterocycles. The summed E-state index contributed by atoms with van der Waals surface area (Å²) in [6.07, 6.45) is 0. The number of carbonyl (C=O) groups is 3. The predicted octanol–water partition coefficient (Wildman–Crippen LogP) is -1.32. The molecule has 1 rings (SSSR count). The van der Waals surface area contributed by atoms with Crippen LogP contribution >= 0.6 is 0 Å². The average molecular weight is 215 g/mol. The van der Waals surface area contributed by atoms with Crippen LogP contribution in [0.4, 0.5) is 4.79 Å². The number of rotatable bonds is 2. The highest BCUT2D eigenvalue weighted by atomic mass is 16.4. The molecule has 2 atom stereocenters. The number of nitrogens with zero attached hydrogens (tertiary/aromatic N) is 2. The summed E-state index contributed by atoms with van der Waals surface area (Å²) in [6.45, 7) is 1.40. The highest BCUT2D eigenvalue weighted by molar-refractivity contribution is 6.02. The third-order valence-electron chi connectivity index (χ3n) is 2.20. The highest BCUT2D eigenvalue weighted by Crippen LogP contribution is 2.15. The molecule has 1 aliphatic heterocycles. The lowest BCUT2D eigenvalue weighted by Gasteiger charge is -2.19. The number of carboxylic acid groups (broad SMARTS) is 1. The van der Waals surface area contributed by atoms with E-state index in [4.69, 9.17) is 10.8 Å². The number of hydrogen-bond donors (Lipinski definition) is 2. The average Bonchev–Trinajstić information content (AvgIpc) is 2.42. The number of carboxylic acids is 1. The molecule has 0 aromatic rings. The molecule has 0 saturated carbocycles. The van der Waals surface area contributed by atoms with Gasteiger partial charge in [0.05, 0.1) is 12.6 Å². The molecule has 15 heavy (non-hydrogen) atoms. The lowest BCUT2D eigenvalue weighted by Crippen LogP contribution is -2.49. The molecule has 0 spiro atoms. The quantitative estimate of drug-likeness (QED) is 0.594. The first-order valence-electron chi connectivity index (χ1n) is 4.42. The van der Waals surface area contributed by atoms with Crippen molar-refractivity contribution in [3.8, 4) is 0 Å². The largest absolute Gasteiger partial charge is 0.480 e. The van der Waals surface area contributed by atoms with E-state index in [1.165, 1.54) is 18.9 Å². The van der Waals surface area contributed by atoms with Gasteiger partial charge in [-0.15, -0.1) is 0 Å². The monoisotopic (exact) mass is 215 g/mol. The van der Waals surface area contributed by atoms with Crippen LogP contribution in [0.2, 0.25) is 0 Å². The van der Waals surface area contributed by atoms with E-state index < -0.39 is 30.0 Å². The molecule has 2 unspecified atom stereocenters. The van der Waals surface area contributed by atoms with Crippen molar-refractivity contribution < 1.29 is 19.5 Å². The summed E-state index contributed by atoms with van der Waals surface area (Å²) in [6, 6.07) is -2.65. The van der Waals surface area contributed by atoms with E-state index >= 15 is 0 Å². The molecule has 0 bridgehead atoms. The molecule has 7 heteroatoms. The minimum absolute atomic E-state index is 0.00731. The standard InChI is InChI=1S/C8H13N3O4/c1-4(9)6(12)11-5(7(13)14)3-10(2)8(11)15/h4-5H,3,9H2,1-2H3,(H,13,14). The molecular weight excluding hydrogens is 202 g/mol. The van der Waals surface area contributed by atoms with Crippen LogP contribution in [-0.2, 0) is 9.59 Å². The van der Waals surface area contributed by atoms with Gasteiger partial charge in [0.2, 0.25) is 5.91 Å². The fourth-order valence-corrected chi connectivity index (χ4v) is 1.39. The van der Waals surface area contributed by atoms with E-state index in [-0.39, 0.29) is 6.54 Å². The van der Waals surface area contributed by atoms with Gasteiger partial charge in [-0.3, -0.25) is 4.79 Å². The third kappa shape index (κ3) is 1.91. The maximum absolute atomic E-state index is 11.5. The van der Waals surface area contributed by atoms with E-state index in [1.807, 2.05) is 0 Å². The Balaban J connectivity index is 2.96. The molecule has 3 N–H and O–H groups in total. The number of carbonyl (C=O) groups excluding carboxylic acids is 2. The van der Waals surface area contributed by atoms with Crippen molar-refractivity contribution in [3.63, 3.8) is 0 Å². The van der Waals surface area contributed by atoms with E-state index in [1.54, 1.807) is 0 Å². The van der Waals surface area contributed by atoms with E-state index in [0.717, 1.165) is 0 Å². The van der Waals surface area contributed by atoms with Crippen molar-refractivity contribution in [1.82, 2.24) is 9.80 Å². The second-order valence-electron chi connectivity index (χ2n) is 3.51. The van der Waals surface area contributed by atoms with Crippen LogP contribution in [0.15, 0.2) is 0 Å². The van der Waals surface area contributed by atoms with Crippen molar-refractivity contribution in [2.45, 2.75) is 19.0 Å². The van der Waals surface area contributed by atoms with Crippen LogP contribution in [0.5, 0.6) is 0 Å². The summed E-state index contributed by atoms with van der Waals surface area (Å²) in [5, 5.41) is 8.84. The number of aliphatic carboxylic acids is 1.